The van der Waals surface area contributed by atoms with E-state index in [1.54, 1.807) is 6.20 Å². The Morgan fingerprint density at radius 3 is 2.60 bits per heavy atom. The number of hydrogen-bond acceptors (Lipinski definition) is 2. The van der Waals surface area contributed by atoms with Crippen LogP contribution in [0.25, 0.3) is 0 Å². The van der Waals surface area contributed by atoms with E-state index >= 15 is 0 Å². The van der Waals surface area contributed by atoms with Crippen LogP contribution < -0.4 is 5.73 Å². The van der Waals surface area contributed by atoms with Gasteiger partial charge in [-0.15, -0.1) is 0 Å². The van der Waals surface area contributed by atoms with Crippen molar-refractivity contribution in [1.29, 1.82) is 0 Å². The second kappa shape index (κ2) is 4.17. The molecule has 0 bridgehead atoms. The molecule has 2 N–H and O–H groups in total. The van der Waals surface area contributed by atoms with E-state index in [-0.39, 0.29) is 6.04 Å². The molecule has 0 radical (unpaired) electrons. The van der Waals surface area contributed by atoms with Crippen molar-refractivity contribution in [3.8, 4) is 0 Å². The van der Waals surface area contributed by atoms with Crippen molar-refractivity contribution in [1.82, 2.24) is 9.55 Å². The van der Waals surface area contributed by atoms with Gasteiger partial charge in [0.15, 0.2) is 0 Å². The molecule has 1 aromatic heterocycles. The number of anilines is 1. The van der Waals surface area contributed by atoms with Crippen molar-refractivity contribution in [3.63, 3.8) is 0 Å². The Morgan fingerprint density at radius 2 is 2.07 bits per heavy atom. The third kappa shape index (κ3) is 1.86. The first-order valence-electron chi connectivity index (χ1n) is 5.16. The number of benzene rings is 1. The molecule has 0 aliphatic carbocycles. The number of hydrogen-bond donors (Lipinski definition) is 1. The van der Waals surface area contributed by atoms with Gasteiger partial charge in [0.1, 0.15) is 0 Å². The lowest BCUT2D eigenvalue weighted by atomic mass is 10.0. The van der Waals surface area contributed by atoms with E-state index in [0.29, 0.717) is 5.95 Å². The van der Waals surface area contributed by atoms with Crippen molar-refractivity contribution in [2.24, 2.45) is 0 Å². The van der Waals surface area contributed by atoms with Crippen molar-refractivity contribution in [2.45, 2.75) is 19.4 Å². The smallest absolute Gasteiger partial charge is 0.200 e. The number of nitrogen functional groups attached to an aromatic ring is 1. The van der Waals surface area contributed by atoms with Crippen molar-refractivity contribution < 1.29 is 0 Å². The molecule has 1 atom stereocenters. The minimum atomic E-state index is 0.286. The van der Waals surface area contributed by atoms with Gasteiger partial charge in [0.25, 0.3) is 0 Å². The minimum Gasteiger partial charge on any atom is -0.369 e. The summed E-state index contributed by atoms with van der Waals surface area (Å²) >= 11 is 0. The molecule has 2 aromatic rings. The van der Waals surface area contributed by atoms with Crippen LogP contribution in [0.1, 0.15) is 24.9 Å². The molecule has 0 aliphatic rings. The Bertz CT molecular complexity index is 419. The van der Waals surface area contributed by atoms with E-state index in [9.17, 15) is 0 Å². The lowest BCUT2D eigenvalue weighted by Gasteiger charge is -2.18. The van der Waals surface area contributed by atoms with E-state index in [1.807, 2.05) is 29.0 Å². The summed E-state index contributed by atoms with van der Waals surface area (Å²) in [5.74, 6) is 0.575. The molecule has 15 heavy (non-hydrogen) atoms. The highest BCUT2D eigenvalue weighted by atomic mass is 15.2. The van der Waals surface area contributed by atoms with Crippen LogP contribution in [-0.4, -0.2) is 9.55 Å². The largest absolute Gasteiger partial charge is 0.369 e. The molecule has 2 rings (SSSR count). The molecule has 0 saturated heterocycles. The van der Waals surface area contributed by atoms with Crippen LogP contribution >= 0.6 is 0 Å². The Morgan fingerprint density at radius 1 is 1.33 bits per heavy atom. The van der Waals surface area contributed by atoms with Crippen molar-refractivity contribution in [3.05, 3.63) is 48.3 Å². The van der Waals surface area contributed by atoms with Gasteiger partial charge in [0, 0.05) is 12.4 Å². The van der Waals surface area contributed by atoms with Gasteiger partial charge in [0.05, 0.1) is 6.04 Å². The zero-order valence-corrected chi connectivity index (χ0v) is 8.80. The van der Waals surface area contributed by atoms with E-state index in [4.69, 9.17) is 5.73 Å². The lowest BCUT2D eigenvalue weighted by Crippen LogP contribution is -2.11. The highest BCUT2D eigenvalue weighted by Gasteiger charge is 2.12. The molecule has 0 aliphatic heterocycles. The quantitative estimate of drug-likeness (QED) is 0.829. The van der Waals surface area contributed by atoms with Crippen LogP contribution in [0.2, 0.25) is 0 Å². The average Bonchev–Trinajstić information content (AvgIpc) is 2.68. The standard InChI is InChI=1S/C12H15N3/c1-2-11(10-6-4-3-5-7-10)15-9-8-14-12(15)13/h3-9,11H,2H2,1H3,(H2,13,14). The zero-order valence-electron chi connectivity index (χ0n) is 8.80. The molecular formula is C12H15N3. The van der Waals surface area contributed by atoms with Gasteiger partial charge in [-0.1, -0.05) is 37.3 Å². The number of rotatable bonds is 3. The molecular weight excluding hydrogens is 186 g/mol. The molecule has 3 heteroatoms. The number of nitrogens with zero attached hydrogens (tertiary/aromatic N) is 2. The van der Waals surface area contributed by atoms with Gasteiger partial charge < -0.3 is 10.3 Å². The van der Waals surface area contributed by atoms with Crippen LogP contribution in [0.3, 0.4) is 0 Å². The van der Waals surface area contributed by atoms with Gasteiger partial charge in [-0.2, -0.15) is 0 Å². The predicted octanol–water partition coefficient (Wildman–Crippen LogP) is 2.46. The molecule has 0 saturated carbocycles. The third-order valence-electron chi connectivity index (χ3n) is 2.61. The number of imidazole rings is 1. The topological polar surface area (TPSA) is 43.8 Å². The van der Waals surface area contributed by atoms with Crippen molar-refractivity contribution in [2.75, 3.05) is 5.73 Å². The normalized spacial score (nSPS) is 12.6. The fourth-order valence-electron chi connectivity index (χ4n) is 1.86. The van der Waals surface area contributed by atoms with Gasteiger partial charge in [-0.05, 0) is 12.0 Å². The molecule has 1 aromatic carbocycles. The second-order valence-electron chi connectivity index (χ2n) is 3.53. The second-order valence-corrected chi connectivity index (χ2v) is 3.53. The maximum atomic E-state index is 5.81. The Labute approximate surface area is 89.6 Å². The maximum Gasteiger partial charge on any atom is 0.200 e. The molecule has 3 nitrogen and oxygen atoms in total. The van der Waals surface area contributed by atoms with Crippen LogP contribution in [-0.2, 0) is 0 Å². The van der Waals surface area contributed by atoms with Crippen LogP contribution in [0.4, 0.5) is 5.95 Å². The number of nitrogens with two attached hydrogens (primary N) is 1. The fourth-order valence-corrected chi connectivity index (χ4v) is 1.86. The molecule has 0 fully saturated rings. The van der Waals surface area contributed by atoms with Gasteiger partial charge >= 0.3 is 0 Å². The summed E-state index contributed by atoms with van der Waals surface area (Å²) in [6, 6.07) is 10.6. The Balaban J connectivity index is 2.37. The minimum absolute atomic E-state index is 0.286. The molecule has 1 unspecified atom stereocenters. The maximum absolute atomic E-state index is 5.81. The summed E-state index contributed by atoms with van der Waals surface area (Å²) in [6.07, 6.45) is 4.67. The van der Waals surface area contributed by atoms with E-state index < -0.39 is 0 Å². The third-order valence-corrected chi connectivity index (χ3v) is 2.61. The van der Waals surface area contributed by atoms with Crippen molar-refractivity contribution >= 4 is 5.95 Å². The van der Waals surface area contributed by atoms with Crippen LogP contribution in [0.15, 0.2) is 42.7 Å². The zero-order chi connectivity index (χ0) is 10.7. The van der Waals surface area contributed by atoms with Crippen LogP contribution in [0.5, 0.6) is 0 Å². The lowest BCUT2D eigenvalue weighted by molar-refractivity contribution is 0.574. The summed E-state index contributed by atoms with van der Waals surface area (Å²) in [5.41, 5.74) is 7.07. The molecule has 0 spiro atoms. The molecule has 0 amide bonds. The van der Waals surface area contributed by atoms with Gasteiger partial charge in [-0.25, -0.2) is 4.98 Å². The molecule has 1 heterocycles. The summed E-state index contributed by atoms with van der Waals surface area (Å²) in [4.78, 5) is 4.05. The van der Waals surface area contributed by atoms with E-state index in [2.05, 4.69) is 24.0 Å². The monoisotopic (exact) mass is 201 g/mol. The summed E-state index contributed by atoms with van der Waals surface area (Å²) in [6.45, 7) is 2.15. The first-order valence-corrected chi connectivity index (χ1v) is 5.16. The summed E-state index contributed by atoms with van der Waals surface area (Å²) < 4.78 is 2.01. The van der Waals surface area contributed by atoms with Gasteiger partial charge in [0.2, 0.25) is 5.95 Å². The highest BCUT2D eigenvalue weighted by molar-refractivity contribution is 5.26. The highest BCUT2D eigenvalue weighted by Crippen LogP contribution is 2.23. The predicted molar refractivity (Wildman–Crippen MR) is 61.5 cm³/mol. The average molecular weight is 201 g/mol. The first kappa shape index (κ1) is 9.77. The fraction of sp³-hybridized carbons (Fsp3) is 0.250. The van der Waals surface area contributed by atoms with E-state index in [0.717, 1.165) is 6.42 Å². The summed E-state index contributed by atoms with van der Waals surface area (Å²) in [7, 11) is 0. The van der Waals surface area contributed by atoms with Gasteiger partial charge in [-0.3, -0.25) is 0 Å². The Hall–Kier alpha value is -1.77. The number of aromatic nitrogens is 2. The summed E-state index contributed by atoms with van der Waals surface area (Å²) in [5, 5.41) is 0. The molecule has 78 valence electrons. The van der Waals surface area contributed by atoms with E-state index in [1.165, 1.54) is 5.56 Å². The Kier molecular flexibility index (Phi) is 2.72. The first-order chi connectivity index (χ1) is 7.33. The van der Waals surface area contributed by atoms with Crippen LogP contribution in [0, 0.1) is 0 Å². The SMILES string of the molecule is CCC(c1ccccc1)n1ccnc1N.